The summed E-state index contributed by atoms with van der Waals surface area (Å²) in [6.45, 7) is 5.32. The third-order valence-electron chi connectivity index (χ3n) is 5.12. The van der Waals surface area contributed by atoms with Gasteiger partial charge in [0.2, 0.25) is 5.91 Å². The van der Waals surface area contributed by atoms with E-state index in [0.717, 1.165) is 32.5 Å². The van der Waals surface area contributed by atoms with E-state index < -0.39 is 0 Å². The first-order valence-corrected chi connectivity index (χ1v) is 7.95. The number of hydrogen-bond donors (Lipinski definition) is 1. The first-order valence-electron chi connectivity index (χ1n) is 7.95. The lowest BCUT2D eigenvalue weighted by atomic mass is 9.78. The molecule has 0 aliphatic carbocycles. The molecule has 0 bridgehead atoms. The highest BCUT2D eigenvalue weighted by Gasteiger charge is 2.40. The molecule has 1 aromatic carbocycles. The Hall–Kier alpha value is -1.39. The fourth-order valence-corrected chi connectivity index (χ4v) is 3.77. The van der Waals surface area contributed by atoms with Gasteiger partial charge in [0.15, 0.2) is 0 Å². The van der Waals surface area contributed by atoms with Crippen molar-refractivity contribution in [2.75, 3.05) is 32.7 Å². The van der Waals surface area contributed by atoms with Gasteiger partial charge in [0.05, 0.1) is 6.54 Å². The van der Waals surface area contributed by atoms with Gasteiger partial charge in [-0.3, -0.25) is 9.69 Å². The molecule has 2 heterocycles. The second kappa shape index (κ2) is 6.16. The molecule has 2 aliphatic rings. The Morgan fingerprint density at radius 3 is 2.43 bits per heavy atom. The van der Waals surface area contributed by atoms with Crippen molar-refractivity contribution < 1.29 is 4.79 Å². The SMILES string of the molecule is NCC(=O)N1CCC2(CCN(Cc3ccccc3)C2)CC1. The van der Waals surface area contributed by atoms with Gasteiger partial charge in [0, 0.05) is 26.2 Å². The average Bonchev–Trinajstić information content (AvgIpc) is 2.91. The maximum absolute atomic E-state index is 11.7. The van der Waals surface area contributed by atoms with Crippen molar-refractivity contribution in [3.63, 3.8) is 0 Å². The number of amides is 1. The van der Waals surface area contributed by atoms with Crippen LogP contribution in [0.15, 0.2) is 30.3 Å². The predicted molar refractivity (Wildman–Crippen MR) is 83.6 cm³/mol. The summed E-state index contributed by atoms with van der Waals surface area (Å²) in [6.07, 6.45) is 3.53. The quantitative estimate of drug-likeness (QED) is 0.915. The van der Waals surface area contributed by atoms with E-state index in [2.05, 4.69) is 35.2 Å². The van der Waals surface area contributed by atoms with E-state index in [9.17, 15) is 4.79 Å². The fraction of sp³-hybridized carbons (Fsp3) is 0.588. The number of carbonyl (C=O) groups is 1. The maximum atomic E-state index is 11.7. The summed E-state index contributed by atoms with van der Waals surface area (Å²) in [7, 11) is 0. The molecular formula is C17H25N3O. The summed E-state index contributed by atoms with van der Waals surface area (Å²) >= 11 is 0. The number of benzene rings is 1. The zero-order valence-electron chi connectivity index (χ0n) is 12.6. The minimum atomic E-state index is 0.101. The normalized spacial score (nSPS) is 21.9. The van der Waals surface area contributed by atoms with E-state index >= 15 is 0 Å². The Balaban J connectivity index is 1.54. The van der Waals surface area contributed by atoms with Crippen LogP contribution >= 0.6 is 0 Å². The van der Waals surface area contributed by atoms with E-state index in [-0.39, 0.29) is 12.5 Å². The Morgan fingerprint density at radius 2 is 1.76 bits per heavy atom. The maximum Gasteiger partial charge on any atom is 0.236 e. The molecule has 1 spiro atoms. The molecule has 4 nitrogen and oxygen atoms in total. The molecule has 0 unspecified atom stereocenters. The number of likely N-dealkylation sites (tertiary alicyclic amines) is 2. The van der Waals surface area contributed by atoms with Crippen LogP contribution in [0.1, 0.15) is 24.8 Å². The van der Waals surface area contributed by atoms with Crippen LogP contribution in [0.2, 0.25) is 0 Å². The second-order valence-electron chi connectivity index (χ2n) is 6.53. The van der Waals surface area contributed by atoms with Crippen molar-refractivity contribution in [1.29, 1.82) is 0 Å². The van der Waals surface area contributed by atoms with Crippen LogP contribution in [-0.2, 0) is 11.3 Å². The Kier molecular flexibility index (Phi) is 4.27. The molecule has 114 valence electrons. The lowest BCUT2D eigenvalue weighted by Gasteiger charge is -2.39. The minimum absolute atomic E-state index is 0.101. The molecular weight excluding hydrogens is 262 g/mol. The Morgan fingerprint density at radius 1 is 1.10 bits per heavy atom. The van der Waals surface area contributed by atoms with E-state index in [1.54, 1.807) is 0 Å². The number of hydrogen-bond acceptors (Lipinski definition) is 3. The number of nitrogens with two attached hydrogens (primary N) is 1. The Bertz CT molecular complexity index is 480. The van der Waals surface area contributed by atoms with E-state index in [0.29, 0.717) is 5.41 Å². The smallest absolute Gasteiger partial charge is 0.236 e. The van der Waals surface area contributed by atoms with Crippen molar-refractivity contribution in [1.82, 2.24) is 9.80 Å². The lowest BCUT2D eigenvalue weighted by Crippen LogP contribution is -2.46. The molecule has 2 saturated heterocycles. The minimum Gasteiger partial charge on any atom is -0.342 e. The number of nitrogens with zero attached hydrogens (tertiary/aromatic N) is 2. The third kappa shape index (κ3) is 3.27. The first kappa shape index (κ1) is 14.5. The van der Waals surface area contributed by atoms with Crippen LogP contribution in [0.25, 0.3) is 0 Å². The van der Waals surface area contributed by atoms with Gasteiger partial charge in [-0.05, 0) is 36.8 Å². The first-order chi connectivity index (χ1) is 10.2. The molecule has 2 fully saturated rings. The van der Waals surface area contributed by atoms with Gasteiger partial charge in [-0.2, -0.15) is 0 Å². The summed E-state index contributed by atoms with van der Waals surface area (Å²) < 4.78 is 0. The summed E-state index contributed by atoms with van der Waals surface area (Å²) in [6, 6.07) is 10.7. The summed E-state index contributed by atoms with van der Waals surface area (Å²) in [4.78, 5) is 16.2. The predicted octanol–water partition coefficient (Wildman–Crippen LogP) is 1.46. The van der Waals surface area contributed by atoms with Gasteiger partial charge in [-0.25, -0.2) is 0 Å². The van der Waals surface area contributed by atoms with Crippen molar-refractivity contribution in [3.8, 4) is 0 Å². The molecule has 3 rings (SSSR count). The average molecular weight is 287 g/mol. The molecule has 1 amide bonds. The topological polar surface area (TPSA) is 49.6 Å². The van der Waals surface area contributed by atoms with Crippen LogP contribution in [0.3, 0.4) is 0 Å². The molecule has 4 heteroatoms. The van der Waals surface area contributed by atoms with Gasteiger partial charge in [-0.1, -0.05) is 30.3 Å². The van der Waals surface area contributed by atoms with E-state index in [1.807, 2.05) is 4.90 Å². The van der Waals surface area contributed by atoms with Crippen molar-refractivity contribution in [2.24, 2.45) is 11.1 Å². The Labute approximate surface area is 126 Å². The molecule has 1 aromatic rings. The second-order valence-corrected chi connectivity index (χ2v) is 6.53. The van der Waals surface area contributed by atoms with Crippen LogP contribution in [0.5, 0.6) is 0 Å². The number of piperidine rings is 1. The van der Waals surface area contributed by atoms with Gasteiger partial charge < -0.3 is 10.6 Å². The molecule has 21 heavy (non-hydrogen) atoms. The number of carbonyl (C=O) groups excluding carboxylic acids is 1. The third-order valence-corrected chi connectivity index (χ3v) is 5.12. The molecule has 0 aromatic heterocycles. The highest BCUT2D eigenvalue weighted by Crippen LogP contribution is 2.40. The lowest BCUT2D eigenvalue weighted by molar-refractivity contribution is -0.131. The van der Waals surface area contributed by atoms with Crippen LogP contribution in [-0.4, -0.2) is 48.4 Å². The highest BCUT2D eigenvalue weighted by atomic mass is 16.2. The fourth-order valence-electron chi connectivity index (χ4n) is 3.77. The van der Waals surface area contributed by atoms with Crippen molar-refractivity contribution in [3.05, 3.63) is 35.9 Å². The highest BCUT2D eigenvalue weighted by molar-refractivity contribution is 5.78. The van der Waals surface area contributed by atoms with E-state index in [1.165, 1.54) is 25.1 Å². The van der Waals surface area contributed by atoms with Crippen LogP contribution in [0, 0.1) is 5.41 Å². The van der Waals surface area contributed by atoms with Crippen molar-refractivity contribution >= 4 is 5.91 Å². The largest absolute Gasteiger partial charge is 0.342 e. The monoisotopic (exact) mass is 287 g/mol. The summed E-state index contributed by atoms with van der Waals surface area (Å²) in [5, 5.41) is 0. The van der Waals surface area contributed by atoms with Gasteiger partial charge in [0.1, 0.15) is 0 Å². The van der Waals surface area contributed by atoms with Crippen molar-refractivity contribution in [2.45, 2.75) is 25.8 Å². The van der Waals surface area contributed by atoms with Crippen LogP contribution in [0.4, 0.5) is 0 Å². The van der Waals surface area contributed by atoms with Gasteiger partial charge in [-0.15, -0.1) is 0 Å². The summed E-state index contributed by atoms with van der Waals surface area (Å²) in [5.41, 5.74) is 7.28. The van der Waals surface area contributed by atoms with E-state index in [4.69, 9.17) is 5.73 Å². The number of rotatable bonds is 3. The van der Waals surface area contributed by atoms with Crippen LogP contribution < -0.4 is 5.73 Å². The standard InChI is InChI=1S/C17H25N3O/c18-12-16(21)20-10-7-17(8-11-20)6-9-19(14-17)13-15-4-2-1-3-5-15/h1-5H,6-14,18H2. The van der Waals surface area contributed by atoms with Gasteiger partial charge >= 0.3 is 0 Å². The molecule has 2 N–H and O–H groups in total. The summed E-state index contributed by atoms with van der Waals surface area (Å²) in [5.74, 6) is 0.101. The van der Waals surface area contributed by atoms with Gasteiger partial charge in [0.25, 0.3) is 0 Å². The molecule has 0 saturated carbocycles. The zero-order chi connectivity index (χ0) is 14.7. The molecule has 0 radical (unpaired) electrons. The molecule has 0 atom stereocenters. The zero-order valence-corrected chi connectivity index (χ0v) is 12.6. The molecule has 2 aliphatic heterocycles.